The Kier molecular flexibility index (Phi) is 4.38. The molecule has 0 nitrogen and oxygen atoms in total. The molecule has 33 heavy (non-hydrogen) atoms. The average Bonchev–Trinajstić information content (AvgIpc) is 3.47. The van der Waals surface area contributed by atoms with Crippen molar-refractivity contribution in [2.45, 2.75) is 13.8 Å². The van der Waals surface area contributed by atoms with Crippen LogP contribution in [0, 0.1) is 5.41 Å². The normalized spacial score (nSPS) is 15.1. The van der Waals surface area contributed by atoms with Crippen LogP contribution in [0.5, 0.6) is 0 Å². The molecule has 0 saturated carbocycles. The monoisotopic (exact) mass is 496 g/mol. The Morgan fingerprint density at radius 3 is 1.45 bits per heavy atom. The lowest BCUT2D eigenvalue weighted by Crippen LogP contribution is -2.24. The van der Waals surface area contributed by atoms with Crippen LogP contribution >= 0.6 is 45.3 Å². The summed E-state index contributed by atoms with van der Waals surface area (Å²) in [4.78, 5) is 0. The van der Waals surface area contributed by atoms with Crippen LogP contribution in [-0.4, -0.2) is 0 Å². The summed E-state index contributed by atoms with van der Waals surface area (Å²) in [5, 5.41) is 5.44. The van der Waals surface area contributed by atoms with Crippen molar-refractivity contribution in [2.75, 3.05) is 0 Å². The molecule has 0 N–H and O–H groups in total. The predicted octanol–water partition coefficient (Wildman–Crippen LogP) is 8.39. The molecule has 7 rings (SSSR count). The number of hydrogen-bond acceptors (Lipinski definition) is 2. The van der Waals surface area contributed by atoms with Gasteiger partial charge >= 0.3 is 0 Å². The first-order valence-corrected chi connectivity index (χ1v) is 14.3. The van der Waals surface area contributed by atoms with Crippen molar-refractivity contribution in [2.24, 2.45) is 5.41 Å². The van der Waals surface area contributed by atoms with E-state index in [9.17, 15) is 0 Å². The van der Waals surface area contributed by atoms with E-state index in [0.29, 0.717) is 0 Å². The van der Waals surface area contributed by atoms with Crippen LogP contribution in [0.3, 0.4) is 0 Å². The number of rotatable bonds is 2. The topological polar surface area (TPSA) is 0 Å². The van der Waals surface area contributed by atoms with Gasteiger partial charge in [0.05, 0.1) is 45.3 Å². The maximum Gasteiger partial charge on any atom is 0.283 e. The highest BCUT2D eigenvalue weighted by Crippen LogP contribution is 2.51. The van der Waals surface area contributed by atoms with E-state index in [2.05, 4.69) is 98.8 Å². The maximum absolute atomic E-state index is 2.43. The molecule has 0 spiro atoms. The van der Waals surface area contributed by atoms with Gasteiger partial charge in [0, 0.05) is 16.6 Å². The smallest absolute Gasteiger partial charge is 0.0616 e. The molecule has 0 atom stereocenters. The van der Waals surface area contributed by atoms with Crippen LogP contribution in [0.2, 0.25) is 0 Å². The van der Waals surface area contributed by atoms with Gasteiger partial charge in [0.2, 0.25) is 0 Å². The van der Waals surface area contributed by atoms with Gasteiger partial charge in [0.1, 0.15) is 0 Å². The Balaban J connectivity index is 1.63. The lowest BCUT2D eigenvalue weighted by atomic mass is 9.81. The first-order valence-electron chi connectivity index (χ1n) is 11.0. The zero-order valence-corrected chi connectivity index (χ0v) is 21.5. The van der Waals surface area contributed by atoms with Gasteiger partial charge < -0.3 is 0 Å². The molecule has 1 aliphatic carbocycles. The quantitative estimate of drug-likeness (QED) is 0.211. The average molecular weight is 497 g/mol. The zero-order valence-electron chi connectivity index (χ0n) is 18.2. The molecule has 4 aromatic carbocycles. The summed E-state index contributed by atoms with van der Waals surface area (Å²) in [6.45, 7) is 4.85. The summed E-state index contributed by atoms with van der Waals surface area (Å²) in [5.74, 6) is 0. The van der Waals surface area contributed by atoms with E-state index in [1.165, 1.54) is 59.5 Å². The molecular formula is C29H20S4+2. The van der Waals surface area contributed by atoms with E-state index in [4.69, 9.17) is 0 Å². The third kappa shape index (κ3) is 2.98. The maximum atomic E-state index is 2.43. The van der Waals surface area contributed by atoms with Gasteiger partial charge in [-0.05, 0) is 57.6 Å². The highest BCUT2D eigenvalue weighted by Gasteiger charge is 2.44. The van der Waals surface area contributed by atoms with Gasteiger partial charge in [0.15, 0.2) is 18.8 Å². The van der Waals surface area contributed by atoms with Gasteiger partial charge in [-0.15, -0.1) is 0 Å². The minimum atomic E-state index is -0.0749. The Hall–Kier alpha value is -2.50. The third-order valence-electron chi connectivity index (χ3n) is 6.59. The SMILES string of the molecule is CC1(C)C(c2sc3ccccc3[s+]2)=c2cc3ccccc3cc2=C1c1sc2ccccc2[s+]1. The molecule has 0 aliphatic heterocycles. The zero-order chi connectivity index (χ0) is 22.2. The minimum absolute atomic E-state index is 0.0749. The minimum Gasteiger partial charge on any atom is -0.0616 e. The molecular weight excluding hydrogens is 477 g/mol. The number of fused-ring (bicyclic) bond motifs is 4. The van der Waals surface area contributed by atoms with Crippen LogP contribution < -0.4 is 10.4 Å². The fourth-order valence-electron chi connectivity index (χ4n) is 5.07. The van der Waals surface area contributed by atoms with Crippen LogP contribution in [0.15, 0.2) is 84.9 Å². The molecule has 2 heterocycles. The molecule has 4 heteroatoms. The van der Waals surface area contributed by atoms with Crippen LogP contribution in [0.4, 0.5) is 0 Å². The predicted molar refractivity (Wildman–Crippen MR) is 150 cm³/mol. The summed E-state index contributed by atoms with van der Waals surface area (Å²) in [5.41, 5.74) is 2.89. The first kappa shape index (κ1) is 19.9. The molecule has 0 saturated heterocycles. The van der Waals surface area contributed by atoms with Crippen molar-refractivity contribution < 1.29 is 0 Å². The summed E-state index contributed by atoms with van der Waals surface area (Å²) < 4.78 is 8.36. The van der Waals surface area contributed by atoms with E-state index >= 15 is 0 Å². The van der Waals surface area contributed by atoms with E-state index in [1.807, 2.05) is 45.3 Å². The van der Waals surface area contributed by atoms with E-state index in [1.54, 1.807) is 0 Å². The van der Waals surface area contributed by atoms with Crippen LogP contribution in [0.1, 0.15) is 22.2 Å². The molecule has 0 unspecified atom stereocenters. The highest BCUT2D eigenvalue weighted by molar-refractivity contribution is 7.41. The summed E-state index contributed by atoms with van der Waals surface area (Å²) in [6, 6.07) is 31.3. The number of hydrogen-bond donors (Lipinski definition) is 0. The second-order valence-electron chi connectivity index (χ2n) is 9.00. The Morgan fingerprint density at radius 2 is 1.00 bits per heavy atom. The summed E-state index contributed by atoms with van der Waals surface area (Å²) >= 11 is 7.77. The molecule has 1 aliphatic rings. The molecule has 0 fully saturated rings. The lowest BCUT2D eigenvalue weighted by molar-refractivity contribution is 0.684. The fourth-order valence-corrected chi connectivity index (χ4v) is 10.9. The van der Waals surface area contributed by atoms with Gasteiger partial charge in [-0.2, -0.15) is 0 Å². The van der Waals surface area contributed by atoms with E-state index in [0.717, 1.165) is 0 Å². The Bertz CT molecular complexity index is 1650. The Morgan fingerprint density at radius 1 is 0.576 bits per heavy atom. The second kappa shape index (κ2) is 7.25. The van der Waals surface area contributed by atoms with Crippen molar-refractivity contribution in [3.05, 3.63) is 104 Å². The van der Waals surface area contributed by atoms with Crippen molar-refractivity contribution >= 4 is 86.1 Å². The summed E-state index contributed by atoms with van der Waals surface area (Å²) in [7, 11) is 0. The molecule has 0 amide bonds. The van der Waals surface area contributed by atoms with E-state index < -0.39 is 0 Å². The lowest BCUT2D eigenvalue weighted by Gasteiger charge is -2.21. The molecule has 2 aromatic heterocycles. The highest BCUT2D eigenvalue weighted by atomic mass is 32.2. The van der Waals surface area contributed by atoms with Gasteiger partial charge in [-0.3, -0.25) is 0 Å². The van der Waals surface area contributed by atoms with Gasteiger partial charge in [0.25, 0.3) is 8.38 Å². The van der Waals surface area contributed by atoms with Gasteiger partial charge in [-0.1, -0.05) is 62.4 Å². The van der Waals surface area contributed by atoms with Crippen molar-refractivity contribution in [3.8, 4) is 0 Å². The molecule has 0 radical (unpaired) electrons. The largest absolute Gasteiger partial charge is 0.283 e. The van der Waals surface area contributed by atoms with Crippen molar-refractivity contribution in [1.29, 1.82) is 0 Å². The molecule has 6 aromatic rings. The number of benzene rings is 4. The van der Waals surface area contributed by atoms with Crippen LogP contribution in [-0.2, 0) is 0 Å². The van der Waals surface area contributed by atoms with Crippen LogP contribution in [0.25, 0.3) is 40.7 Å². The van der Waals surface area contributed by atoms with E-state index in [-0.39, 0.29) is 5.41 Å². The van der Waals surface area contributed by atoms with Crippen molar-refractivity contribution in [3.63, 3.8) is 0 Å². The fraction of sp³-hybridized carbons (Fsp3) is 0.103. The standard InChI is InChI=1S/C29H20S4/c1-29(2)25(27-30-21-11-5-6-12-22(21)31-27)19-15-17-9-3-4-10-18(17)16-20(19)26(29)28-32-23-13-7-8-14-24(23)33-28/h3-16H,1-2H3/q+2. The summed E-state index contributed by atoms with van der Waals surface area (Å²) in [6.07, 6.45) is 0. The van der Waals surface area contributed by atoms with Crippen molar-refractivity contribution in [1.82, 2.24) is 0 Å². The second-order valence-corrected chi connectivity index (χ2v) is 13.7. The molecule has 0 bridgehead atoms. The first-order chi connectivity index (χ1) is 16.1. The molecule has 158 valence electrons. The third-order valence-corrected chi connectivity index (χ3v) is 11.7. The van der Waals surface area contributed by atoms with Gasteiger partial charge in [-0.25, -0.2) is 0 Å². The Labute approximate surface area is 208 Å².